The summed E-state index contributed by atoms with van der Waals surface area (Å²) in [5.41, 5.74) is 2.38. The number of rotatable bonds is 5. The lowest BCUT2D eigenvalue weighted by Crippen LogP contribution is -2.18. The van der Waals surface area contributed by atoms with E-state index in [2.05, 4.69) is 55.3 Å². The van der Waals surface area contributed by atoms with Crippen molar-refractivity contribution in [1.29, 1.82) is 0 Å². The first kappa shape index (κ1) is 22.9. The Morgan fingerprint density at radius 1 is 1.18 bits per heavy atom. The van der Waals surface area contributed by atoms with Gasteiger partial charge in [-0.1, -0.05) is 18.2 Å². The molecule has 0 bridgehead atoms. The van der Waals surface area contributed by atoms with Gasteiger partial charge in [0, 0.05) is 10.4 Å². The summed E-state index contributed by atoms with van der Waals surface area (Å²) in [6.45, 7) is 0.151. The predicted molar refractivity (Wildman–Crippen MR) is 146 cm³/mol. The van der Waals surface area contributed by atoms with Gasteiger partial charge in [-0.15, -0.1) is 11.3 Å². The van der Waals surface area contributed by atoms with Gasteiger partial charge in [0.15, 0.2) is 0 Å². The molecule has 1 aliphatic carbocycles. The van der Waals surface area contributed by atoms with Gasteiger partial charge in [0.25, 0.3) is 5.56 Å². The van der Waals surface area contributed by atoms with E-state index in [1.807, 2.05) is 12.1 Å². The van der Waals surface area contributed by atoms with Crippen LogP contribution in [0.2, 0.25) is 0 Å². The smallest absolute Gasteiger partial charge is 0.282 e. The van der Waals surface area contributed by atoms with E-state index in [1.54, 1.807) is 35.8 Å². The van der Waals surface area contributed by atoms with Crippen molar-refractivity contribution in [3.63, 3.8) is 0 Å². The summed E-state index contributed by atoms with van der Waals surface area (Å²) in [7, 11) is 0. The Kier molecular flexibility index (Phi) is 6.79. The van der Waals surface area contributed by atoms with Gasteiger partial charge < -0.3 is 4.74 Å². The van der Waals surface area contributed by atoms with Crippen LogP contribution in [-0.2, 0) is 19.4 Å². The molecule has 0 saturated carbocycles. The van der Waals surface area contributed by atoms with E-state index in [0.717, 1.165) is 47.7 Å². The third kappa shape index (κ3) is 4.72. The number of fused-ring (bicyclic) bond motifs is 3. The second-order valence-electron chi connectivity index (χ2n) is 7.72. The number of thiophene rings is 1. The number of aromatic nitrogens is 2. The van der Waals surface area contributed by atoms with E-state index >= 15 is 0 Å². The molecular formula is C24H18FI2N3O2S. The van der Waals surface area contributed by atoms with Crippen molar-refractivity contribution in [2.45, 2.75) is 32.3 Å². The van der Waals surface area contributed by atoms with E-state index < -0.39 is 0 Å². The summed E-state index contributed by atoms with van der Waals surface area (Å²) >= 11 is 6.02. The molecule has 2 heterocycles. The molecule has 9 heteroatoms. The maximum atomic E-state index is 13.9. The Morgan fingerprint density at radius 2 is 1.94 bits per heavy atom. The number of benzene rings is 2. The number of hydrogen-bond acceptors (Lipinski definition) is 5. The van der Waals surface area contributed by atoms with Crippen LogP contribution in [0.15, 0.2) is 52.6 Å². The lowest BCUT2D eigenvalue weighted by molar-refractivity contribution is 0.295. The standard InChI is InChI=1S/C24H18FI2N3O2S/c25-17-7-3-1-5-15(17)12-32-22-18(26)9-14(10-19(22)27)11-29-30-13-28-23-21(24(30)31)16-6-2-4-8-20(16)33-23/h1,3,5,7,9-11,13H,2,4,6,8,12H2/b29-11-. The molecule has 0 amide bonds. The summed E-state index contributed by atoms with van der Waals surface area (Å²) in [4.78, 5) is 19.7. The van der Waals surface area contributed by atoms with Crippen molar-refractivity contribution in [2.75, 3.05) is 0 Å². The summed E-state index contributed by atoms with van der Waals surface area (Å²) < 4.78 is 22.9. The second kappa shape index (κ2) is 9.79. The van der Waals surface area contributed by atoms with Crippen molar-refractivity contribution in [3.8, 4) is 5.75 Å². The lowest BCUT2D eigenvalue weighted by Gasteiger charge is -2.12. The molecular weight excluding hydrogens is 667 g/mol. The zero-order valence-electron chi connectivity index (χ0n) is 17.4. The maximum Gasteiger partial charge on any atom is 0.282 e. The number of nitrogens with zero attached hydrogens (tertiary/aromatic N) is 3. The predicted octanol–water partition coefficient (Wildman–Crippen LogP) is 6.15. The second-order valence-corrected chi connectivity index (χ2v) is 11.1. The molecule has 1 aliphatic rings. The van der Waals surface area contributed by atoms with Crippen molar-refractivity contribution in [3.05, 3.63) is 87.6 Å². The molecule has 0 saturated heterocycles. The molecule has 5 rings (SSSR count). The van der Waals surface area contributed by atoms with Crippen molar-refractivity contribution >= 4 is 72.9 Å². The Bertz CT molecular complexity index is 1420. The van der Waals surface area contributed by atoms with Gasteiger partial charge in [-0.3, -0.25) is 4.79 Å². The highest BCUT2D eigenvalue weighted by molar-refractivity contribution is 14.1. The molecule has 168 valence electrons. The highest BCUT2D eigenvalue weighted by Crippen LogP contribution is 2.33. The summed E-state index contributed by atoms with van der Waals surface area (Å²) in [6, 6.07) is 10.4. The molecule has 2 aromatic heterocycles. The first-order valence-electron chi connectivity index (χ1n) is 10.4. The van der Waals surface area contributed by atoms with Crippen LogP contribution in [-0.4, -0.2) is 15.9 Å². The topological polar surface area (TPSA) is 56.5 Å². The fourth-order valence-electron chi connectivity index (χ4n) is 3.91. The summed E-state index contributed by atoms with van der Waals surface area (Å²) in [6.07, 6.45) is 7.39. The van der Waals surface area contributed by atoms with Crippen LogP contribution < -0.4 is 10.3 Å². The first-order valence-corrected chi connectivity index (χ1v) is 13.4. The molecule has 4 aromatic rings. The van der Waals surface area contributed by atoms with Gasteiger partial charge in [0.1, 0.15) is 29.3 Å². The minimum absolute atomic E-state index is 0.120. The minimum atomic E-state index is -0.283. The van der Waals surface area contributed by atoms with E-state index in [1.165, 1.54) is 28.4 Å². The van der Waals surface area contributed by atoms with E-state index in [-0.39, 0.29) is 18.0 Å². The monoisotopic (exact) mass is 685 g/mol. The van der Waals surface area contributed by atoms with E-state index in [9.17, 15) is 9.18 Å². The van der Waals surface area contributed by atoms with Gasteiger partial charge in [0.2, 0.25) is 0 Å². The minimum Gasteiger partial charge on any atom is -0.487 e. The summed E-state index contributed by atoms with van der Waals surface area (Å²) in [5.74, 6) is 0.413. The van der Waals surface area contributed by atoms with Crippen LogP contribution >= 0.6 is 56.5 Å². The quantitative estimate of drug-likeness (QED) is 0.187. The maximum absolute atomic E-state index is 13.9. The SMILES string of the molecule is O=c1c2c3c(sc2ncn1/N=C\c1cc(I)c(OCc2ccccc2F)c(I)c1)CCCC3. The Hall–Kier alpha value is -1.86. The lowest BCUT2D eigenvalue weighted by atomic mass is 9.97. The van der Waals surface area contributed by atoms with Crippen LogP contribution in [0.1, 0.15) is 34.4 Å². The van der Waals surface area contributed by atoms with Gasteiger partial charge in [0.05, 0.1) is 18.7 Å². The summed E-state index contributed by atoms with van der Waals surface area (Å²) in [5, 5.41) is 5.11. The van der Waals surface area contributed by atoms with Crippen LogP contribution in [0.4, 0.5) is 4.39 Å². The highest BCUT2D eigenvalue weighted by Gasteiger charge is 2.20. The van der Waals surface area contributed by atoms with Gasteiger partial charge in [-0.25, -0.2) is 9.37 Å². The Balaban J connectivity index is 1.40. The van der Waals surface area contributed by atoms with E-state index in [4.69, 9.17) is 4.74 Å². The van der Waals surface area contributed by atoms with Crippen LogP contribution in [0.5, 0.6) is 5.75 Å². The highest BCUT2D eigenvalue weighted by atomic mass is 127. The fraction of sp³-hybridized carbons (Fsp3) is 0.208. The molecule has 0 fully saturated rings. The van der Waals surface area contributed by atoms with Crippen LogP contribution in [0.25, 0.3) is 10.2 Å². The van der Waals surface area contributed by atoms with Crippen molar-refractivity contribution < 1.29 is 9.13 Å². The van der Waals surface area contributed by atoms with Gasteiger partial charge >= 0.3 is 0 Å². The molecule has 0 unspecified atom stereocenters. The third-order valence-electron chi connectivity index (χ3n) is 5.54. The van der Waals surface area contributed by atoms with Crippen molar-refractivity contribution in [2.24, 2.45) is 5.10 Å². The molecule has 0 aliphatic heterocycles. The molecule has 0 N–H and O–H groups in total. The number of halogens is 3. The largest absolute Gasteiger partial charge is 0.487 e. The molecule has 0 radical (unpaired) electrons. The first-order chi connectivity index (χ1) is 16.0. The van der Waals surface area contributed by atoms with Crippen molar-refractivity contribution in [1.82, 2.24) is 9.66 Å². The van der Waals surface area contributed by atoms with Crippen LogP contribution in [0, 0.1) is 13.0 Å². The zero-order chi connectivity index (χ0) is 22.9. The van der Waals surface area contributed by atoms with E-state index in [0.29, 0.717) is 11.3 Å². The number of ether oxygens (including phenoxy) is 1. The average molecular weight is 685 g/mol. The normalized spacial score (nSPS) is 13.5. The Labute approximate surface area is 221 Å². The third-order valence-corrected chi connectivity index (χ3v) is 8.34. The average Bonchev–Trinajstić information content (AvgIpc) is 3.18. The van der Waals surface area contributed by atoms with Gasteiger partial charge in [-0.2, -0.15) is 9.78 Å². The fourth-order valence-corrected chi connectivity index (χ4v) is 7.25. The van der Waals surface area contributed by atoms with Gasteiger partial charge in [-0.05, 0) is 100 Å². The number of aryl methyl sites for hydroxylation is 2. The number of hydrogen-bond donors (Lipinski definition) is 0. The molecule has 2 aromatic carbocycles. The molecule has 5 nitrogen and oxygen atoms in total. The molecule has 33 heavy (non-hydrogen) atoms. The van der Waals surface area contributed by atoms with Crippen LogP contribution in [0.3, 0.4) is 0 Å². The molecule has 0 atom stereocenters. The Morgan fingerprint density at radius 3 is 2.73 bits per heavy atom. The molecule has 0 spiro atoms. The zero-order valence-corrected chi connectivity index (χ0v) is 22.5.